The average molecular weight is 533 g/mol. The van der Waals surface area contributed by atoms with Crippen molar-refractivity contribution < 1.29 is 9.47 Å². The Kier molecular flexibility index (Phi) is 14.1. The molecule has 0 aromatic heterocycles. The van der Waals surface area contributed by atoms with Crippen LogP contribution in [0, 0.1) is 12.8 Å². The predicted molar refractivity (Wildman–Crippen MR) is 136 cm³/mol. The molecule has 0 amide bonds. The Bertz CT molecular complexity index is 619. The van der Waals surface area contributed by atoms with E-state index in [2.05, 4.69) is 52.6 Å². The van der Waals surface area contributed by atoms with E-state index in [0.29, 0.717) is 26.4 Å². The predicted octanol–water partition coefficient (Wildman–Crippen LogP) is 3.82. The molecule has 1 aromatic rings. The Balaban J connectivity index is 0.00000450. The maximum atomic E-state index is 5.94. The van der Waals surface area contributed by atoms with Crippen LogP contribution in [0.2, 0.25) is 0 Å². The molecule has 1 aliphatic rings. The number of nitrogens with zero attached hydrogens (tertiary/aromatic N) is 2. The first-order valence-corrected chi connectivity index (χ1v) is 11.1. The van der Waals surface area contributed by atoms with Crippen molar-refractivity contribution in [3.8, 4) is 5.75 Å². The third kappa shape index (κ3) is 9.83. The van der Waals surface area contributed by atoms with Gasteiger partial charge in [-0.05, 0) is 70.3 Å². The number of guanidine groups is 1. The second-order valence-electron chi connectivity index (χ2n) is 7.75. The molecule has 2 N–H and O–H groups in total. The summed E-state index contributed by atoms with van der Waals surface area (Å²) in [5.74, 6) is 2.48. The van der Waals surface area contributed by atoms with Crippen molar-refractivity contribution in [1.29, 1.82) is 0 Å². The van der Waals surface area contributed by atoms with E-state index >= 15 is 0 Å². The van der Waals surface area contributed by atoms with Crippen LogP contribution in [-0.4, -0.2) is 63.9 Å². The summed E-state index contributed by atoms with van der Waals surface area (Å²) in [5, 5.41) is 6.94. The zero-order valence-corrected chi connectivity index (χ0v) is 21.5. The SMILES string of the molecule is CCCN1CCC(CNC(=NC)NCc2ccc(C)cc2OCCOCC)CC1.I. The molecule has 172 valence electrons. The molecule has 0 atom stereocenters. The summed E-state index contributed by atoms with van der Waals surface area (Å²) in [4.78, 5) is 6.97. The molecule has 1 aliphatic heterocycles. The lowest BCUT2D eigenvalue weighted by Crippen LogP contribution is -2.42. The van der Waals surface area contributed by atoms with Crippen molar-refractivity contribution in [2.75, 3.05) is 53.0 Å². The van der Waals surface area contributed by atoms with Gasteiger partial charge in [0, 0.05) is 32.3 Å². The van der Waals surface area contributed by atoms with E-state index in [-0.39, 0.29) is 24.0 Å². The van der Waals surface area contributed by atoms with E-state index in [1.54, 1.807) is 0 Å². The molecule has 0 unspecified atom stereocenters. The Morgan fingerprint density at radius 1 is 1.17 bits per heavy atom. The number of aliphatic imine (C=N–C) groups is 1. The molecule has 1 saturated heterocycles. The monoisotopic (exact) mass is 532 g/mol. The number of rotatable bonds is 11. The maximum Gasteiger partial charge on any atom is 0.191 e. The minimum atomic E-state index is 0. The third-order valence-electron chi connectivity index (χ3n) is 5.39. The molecule has 6 nitrogen and oxygen atoms in total. The Labute approximate surface area is 200 Å². The molecule has 1 heterocycles. The summed E-state index contributed by atoms with van der Waals surface area (Å²) < 4.78 is 11.3. The summed E-state index contributed by atoms with van der Waals surface area (Å²) in [6.07, 6.45) is 3.77. The highest BCUT2D eigenvalue weighted by Crippen LogP contribution is 2.20. The average Bonchev–Trinajstić information content (AvgIpc) is 2.74. The molecule has 30 heavy (non-hydrogen) atoms. The Hall–Kier alpha value is -1.06. The van der Waals surface area contributed by atoms with Crippen LogP contribution in [0.3, 0.4) is 0 Å². The van der Waals surface area contributed by atoms with Gasteiger partial charge in [-0.25, -0.2) is 0 Å². The fourth-order valence-corrected chi connectivity index (χ4v) is 3.67. The van der Waals surface area contributed by atoms with Crippen molar-refractivity contribution in [3.05, 3.63) is 29.3 Å². The van der Waals surface area contributed by atoms with E-state index in [1.807, 2.05) is 14.0 Å². The van der Waals surface area contributed by atoms with E-state index in [9.17, 15) is 0 Å². The number of hydrogen-bond donors (Lipinski definition) is 2. The lowest BCUT2D eigenvalue weighted by atomic mass is 9.97. The van der Waals surface area contributed by atoms with Crippen LogP contribution in [0.4, 0.5) is 0 Å². The standard InChI is InChI=1S/C23H40N4O2.HI/c1-5-11-27-12-9-20(10-13-27)17-25-23(24-4)26-18-21-8-7-19(3)16-22(21)29-15-14-28-6-2;/h7-8,16,20H,5-6,9-15,17-18H2,1-4H3,(H2,24,25,26);1H. The fourth-order valence-electron chi connectivity index (χ4n) is 3.67. The number of likely N-dealkylation sites (tertiary alicyclic amines) is 1. The number of nitrogens with one attached hydrogen (secondary N) is 2. The van der Waals surface area contributed by atoms with Crippen LogP contribution in [0.1, 0.15) is 44.2 Å². The topological polar surface area (TPSA) is 58.1 Å². The largest absolute Gasteiger partial charge is 0.491 e. The quantitative estimate of drug-likeness (QED) is 0.197. The molecule has 0 bridgehead atoms. The number of aryl methyl sites for hydroxylation is 1. The zero-order chi connectivity index (χ0) is 20.9. The second-order valence-corrected chi connectivity index (χ2v) is 7.75. The van der Waals surface area contributed by atoms with Crippen molar-refractivity contribution in [2.45, 2.75) is 46.6 Å². The number of ether oxygens (including phenoxy) is 2. The summed E-state index contributed by atoms with van der Waals surface area (Å²) in [6, 6.07) is 6.32. The van der Waals surface area contributed by atoms with Gasteiger partial charge >= 0.3 is 0 Å². The molecule has 0 aliphatic carbocycles. The van der Waals surface area contributed by atoms with Gasteiger partial charge in [0.15, 0.2) is 5.96 Å². The molecule has 2 rings (SSSR count). The minimum Gasteiger partial charge on any atom is -0.491 e. The maximum absolute atomic E-state index is 5.94. The molecule has 0 saturated carbocycles. The molecular weight excluding hydrogens is 491 g/mol. The highest BCUT2D eigenvalue weighted by molar-refractivity contribution is 14.0. The molecule has 1 aromatic carbocycles. The van der Waals surface area contributed by atoms with Gasteiger partial charge in [0.2, 0.25) is 0 Å². The van der Waals surface area contributed by atoms with Crippen molar-refractivity contribution in [2.24, 2.45) is 10.9 Å². The summed E-state index contributed by atoms with van der Waals surface area (Å²) in [7, 11) is 1.83. The molecule has 1 fully saturated rings. The molecule has 7 heteroatoms. The second kappa shape index (κ2) is 15.7. The summed E-state index contributed by atoms with van der Waals surface area (Å²) >= 11 is 0. The third-order valence-corrected chi connectivity index (χ3v) is 5.39. The van der Waals surface area contributed by atoms with E-state index in [0.717, 1.165) is 29.7 Å². The van der Waals surface area contributed by atoms with Crippen molar-refractivity contribution in [3.63, 3.8) is 0 Å². The van der Waals surface area contributed by atoms with E-state index < -0.39 is 0 Å². The van der Waals surface area contributed by atoms with Gasteiger partial charge in [0.25, 0.3) is 0 Å². The van der Waals surface area contributed by atoms with Crippen LogP contribution >= 0.6 is 24.0 Å². The van der Waals surface area contributed by atoms with Crippen molar-refractivity contribution in [1.82, 2.24) is 15.5 Å². The first-order chi connectivity index (χ1) is 14.2. The smallest absolute Gasteiger partial charge is 0.191 e. The van der Waals surface area contributed by atoms with Gasteiger partial charge in [0.05, 0.1) is 6.61 Å². The van der Waals surface area contributed by atoms with Crippen LogP contribution in [0.25, 0.3) is 0 Å². The first kappa shape index (κ1) is 27.0. The lowest BCUT2D eigenvalue weighted by molar-refractivity contribution is 0.110. The molecule has 0 spiro atoms. The first-order valence-electron chi connectivity index (χ1n) is 11.1. The highest BCUT2D eigenvalue weighted by Gasteiger charge is 2.18. The highest BCUT2D eigenvalue weighted by atomic mass is 127. The van der Waals surface area contributed by atoms with Gasteiger partial charge in [-0.1, -0.05) is 19.1 Å². The number of benzene rings is 1. The number of piperidine rings is 1. The Morgan fingerprint density at radius 3 is 2.60 bits per heavy atom. The van der Waals surface area contributed by atoms with Crippen molar-refractivity contribution >= 4 is 29.9 Å². The van der Waals surface area contributed by atoms with Gasteiger partial charge in [-0.3, -0.25) is 4.99 Å². The van der Waals surface area contributed by atoms with Gasteiger partial charge in [-0.2, -0.15) is 0 Å². The normalized spacial score (nSPS) is 15.5. The summed E-state index contributed by atoms with van der Waals surface area (Å²) in [5.41, 5.74) is 2.32. The van der Waals surface area contributed by atoms with Crippen LogP contribution < -0.4 is 15.4 Å². The van der Waals surface area contributed by atoms with Crippen LogP contribution in [0.5, 0.6) is 5.75 Å². The number of hydrogen-bond acceptors (Lipinski definition) is 4. The van der Waals surface area contributed by atoms with Crippen LogP contribution in [0.15, 0.2) is 23.2 Å². The Morgan fingerprint density at radius 2 is 1.93 bits per heavy atom. The fraction of sp³-hybridized carbons (Fsp3) is 0.696. The van der Waals surface area contributed by atoms with Gasteiger partial charge in [0.1, 0.15) is 12.4 Å². The van der Waals surface area contributed by atoms with Gasteiger partial charge < -0.3 is 25.0 Å². The molecule has 0 radical (unpaired) electrons. The minimum absolute atomic E-state index is 0. The molecular formula is C23H41IN4O2. The summed E-state index contributed by atoms with van der Waals surface area (Å²) in [6.45, 7) is 13.5. The van der Waals surface area contributed by atoms with Crippen LogP contribution in [-0.2, 0) is 11.3 Å². The van der Waals surface area contributed by atoms with Gasteiger partial charge in [-0.15, -0.1) is 24.0 Å². The number of halogens is 1. The zero-order valence-electron chi connectivity index (χ0n) is 19.2. The lowest BCUT2D eigenvalue weighted by Gasteiger charge is -2.32. The van der Waals surface area contributed by atoms with E-state index in [1.165, 1.54) is 44.5 Å². The van der Waals surface area contributed by atoms with E-state index in [4.69, 9.17) is 9.47 Å².